The molecule has 88 valence electrons. The lowest BCUT2D eigenvalue weighted by Crippen LogP contribution is -2.24. The third kappa shape index (κ3) is 2.26. The number of nitrogens with two attached hydrogens (primary N) is 1. The highest BCUT2D eigenvalue weighted by Crippen LogP contribution is 2.15. The van der Waals surface area contributed by atoms with E-state index in [1.54, 1.807) is 16.9 Å². The summed E-state index contributed by atoms with van der Waals surface area (Å²) in [6.07, 6.45) is 1.62. The van der Waals surface area contributed by atoms with Gasteiger partial charge in [0.05, 0.1) is 6.04 Å². The van der Waals surface area contributed by atoms with Crippen molar-refractivity contribution in [1.82, 2.24) is 9.78 Å². The Balaban J connectivity index is 2.27. The van der Waals surface area contributed by atoms with Crippen molar-refractivity contribution >= 4 is 5.78 Å². The molecule has 4 heteroatoms. The molecule has 2 rings (SSSR count). The number of benzene rings is 1. The van der Waals surface area contributed by atoms with Crippen LogP contribution in [0.15, 0.2) is 42.6 Å². The molecule has 0 radical (unpaired) electrons. The minimum absolute atomic E-state index is 0.101. The molecule has 1 atom stereocenters. The largest absolute Gasteiger partial charge is 0.317 e. The fourth-order valence-electron chi connectivity index (χ4n) is 1.77. The number of aromatic nitrogens is 2. The van der Waals surface area contributed by atoms with Crippen LogP contribution in [0.4, 0.5) is 0 Å². The first-order valence-electron chi connectivity index (χ1n) is 5.60. The van der Waals surface area contributed by atoms with Crippen molar-refractivity contribution in [2.24, 2.45) is 5.73 Å². The zero-order valence-corrected chi connectivity index (χ0v) is 9.71. The van der Waals surface area contributed by atoms with Crippen molar-refractivity contribution in [3.05, 3.63) is 53.9 Å². The molecule has 0 saturated carbocycles. The van der Waals surface area contributed by atoms with E-state index in [1.807, 2.05) is 37.3 Å². The zero-order chi connectivity index (χ0) is 12.3. The van der Waals surface area contributed by atoms with Gasteiger partial charge in [0.25, 0.3) is 0 Å². The summed E-state index contributed by atoms with van der Waals surface area (Å²) in [5, 5.41) is 4.07. The van der Waals surface area contributed by atoms with Crippen molar-refractivity contribution in [2.45, 2.75) is 19.5 Å². The van der Waals surface area contributed by atoms with E-state index in [4.69, 9.17) is 5.73 Å². The number of nitrogens with zero attached hydrogens (tertiary/aromatic N) is 2. The average molecular weight is 229 g/mol. The second-order valence-electron chi connectivity index (χ2n) is 3.78. The van der Waals surface area contributed by atoms with Crippen LogP contribution in [0.3, 0.4) is 0 Å². The Morgan fingerprint density at radius 1 is 1.35 bits per heavy atom. The van der Waals surface area contributed by atoms with E-state index < -0.39 is 6.04 Å². The van der Waals surface area contributed by atoms with Gasteiger partial charge in [-0.2, -0.15) is 5.10 Å². The highest BCUT2D eigenvalue weighted by atomic mass is 16.1. The van der Waals surface area contributed by atoms with Crippen LogP contribution in [0.5, 0.6) is 0 Å². The van der Waals surface area contributed by atoms with E-state index in [9.17, 15) is 4.79 Å². The van der Waals surface area contributed by atoms with Gasteiger partial charge in [-0.3, -0.25) is 9.48 Å². The average Bonchev–Trinajstić information content (AvgIpc) is 2.86. The number of hydrogen-bond acceptors (Lipinski definition) is 3. The number of carbonyl (C=O) groups excluding carboxylic acids is 1. The van der Waals surface area contributed by atoms with Crippen molar-refractivity contribution in [2.75, 3.05) is 0 Å². The number of ketones is 1. The summed E-state index contributed by atoms with van der Waals surface area (Å²) in [4.78, 5) is 12.2. The molecule has 0 aliphatic carbocycles. The van der Waals surface area contributed by atoms with Gasteiger partial charge < -0.3 is 5.73 Å². The van der Waals surface area contributed by atoms with Gasteiger partial charge in [0, 0.05) is 12.7 Å². The number of hydrogen-bond donors (Lipinski definition) is 1. The lowest BCUT2D eigenvalue weighted by atomic mass is 10.0. The molecule has 4 nitrogen and oxygen atoms in total. The first-order valence-corrected chi connectivity index (χ1v) is 5.60. The Bertz CT molecular complexity index is 504. The molecule has 1 aromatic heterocycles. The summed E-state index contributed by atoms with van der Waals surface area (Å²) in [6, 6.07) is 10.4. The predicted octanol–water partition coefficient (Wildman–Crippen LogP) is 1.79. The Kier molecular flexibility index (Phi) is 3.35. The summed E-state index contributed by atoms with van der Waals surface area (Å²) >= 11 is 0. The molecule has 0 amide bonds. The summed E-state index contributed by atoms with van der Waals surface area (Å²) in [5.74, 6) is -0.101. The number of aryl methyl sites for hydroxylation is 1. The van der Waals surface area contributed by atoms with E-state index in [2.05, 4.69) is 5.10 Å². The summed E-state index contributed by atoms with van der Waals surface area (Å²) in [5.41, 5.74) is 7.34. The monoisotopic (exact) mass is 229 g/mol. The molecule has 0 unspecified atom stereocenters. The molecule has 0 saturated heterocycles. The van der Waals surface area contributed by atoms with Crippen molar-refractivity contribution in [3.63, 3.8) is 0 Å². The van der Waals surface area contributed by atoms with Gasteiger partial charge in [0.15, 0.2) is 0 Å². The highest BCUT2D eigenvalue weighted by Gasteiger charge is 2.20. The van der Waals surface area contributed by atoms with Gasteiger partial charge in [-0.25, -0.2) is 0 Å². The van der Waals surface area contributed by atoms with Crippen molar-refractivity contribution in [1.29, 1.82) is 0 Å². The minimum atomic E-state index is -0.627. The maximum Gasteiger partial charge on any atom is 0.201 e. The van der Waals surface area contributed by atoms with E-state index in [-0.39, 0.29) is 5.78 Å². The van der Waals surface area contributed by atoms with E-state index in [0.717, 1.165) is 5.56 Å². The summed E-state index contributed by atoms with van der Waals surface area (Å²) in [7, 11) is 0. The van der Waals surface area contributed by atoms with E-state index in [0.29, 0.717) is 12.2 Å². The predicted molar refractivity (Wildman–Crippen MR) is 65.6 cm³/mol. The molecule has 2 N–H and O–H groups in total. The van der Waals surface area contributed by atoms with Gasteiger partial charge in [-0.15, -0.1) is 0 Å². The standard InChI is InChI=1S/C13H15N3O/c1-2-16-11(8-9-15-16)13(17)12(14)10-6-4-3-5-7-10/h3-9,12H,2,14H2,1H3/t12-/m1/s1. The van der Waals surface area contributed by atoms with Gasteiger partial charge in [-0.1, -0.05) is 30.3 Å². The van der Waals surface area contributed by atoms with E-state index in [1.165, 1.54) is 0 Å². The molecule has 1 heterocycles. The Labute approximate surface area is 100 Å². The normalized spacial score (nSPS) is 12.4. The van der Waals surface area contributed by atoms with Crippen LogP contribution in [-0.2, 0) is 6.54 Å². The number of Topliss-reactive ketones (excluding diaryl/α,β-unsaturated/α-hetero) is 1. The smallest absolute Gasteiger partial charge is 0.201 e. The molecular weight excluding hydrogens is 214 g/mol. The molecule has 0 fully saturated rings. The molecular formula is C13H15N3O. The highest BCUT2D eigenvalue weighted by molar-refractivity contribution is 5.99. The molecule has 17 heavy (non-hydrogen) atoms. The van der Waals surface area contributed by atoms with Crippen LogP contribution in [-0.4, -0.2) is 15.6 Å². The van der Waals surface area contributed by atoms with Crippen LogP contribution >= 0.6 is 0 Å². The minimum Gasteiger partial charge on any atom is -0.317 e. The number of rotatable bonds is 4. The third-order valence-electron chi connectivity index (χ3n) is 2.71. The van der Waals surface area contributed by atoms with Crippen molar-refractivity contribution < 1.29 is 4.79 Å². The SMILES string of the molecule is CCn1nccc1C(=O)[C@H](N)c1ccccc1. The lowest BCUT2D eigenvalue weighted by molar-refractivity contribution is 0.0951. The van der Waals surface area contributed by atoms with E-state index >= 15 is 0 Å². The fraction of sp³-hybridized carbons (Fsp3) is 0.231. The van der Waals surface area contributed by atoms with Crippen LogP contribution in [0.25, 0.3) is 0 Å². The second-order valence-corrected chi connectivity index (χ2v) is 3.78. The van der Waals surface area contributed by atoms with Crippen LogP contribution in [0, 0.1) is 0 Å². The Hall–Kier alpha value is -1.94. The van der Waals surface area contributed by atoms with Crippen LogP contribution < -0.4 is 5.73 Å². The number of carbonyl (C=O) groups is 1. The van der Waals surface area contributed by atoms with Crippen LogP contribution in [0.2, 0.25) is 0 Å². The Morgan fingerprint density at radius 3 is 2.71 bits per heavy atom. The molecule has 0 aliphatic heterocycles. The first-order chi connectivity index (χ1) is 8.24. The van der Waals surface area contributed by atoms with Gasteiger partial charge in [0.2, 0.25) is 5.78 Å². The zero-order valence-electron chi connectivity index (χ0n) is 9.71. The summed E-state index contributed by atoms with van der Waals surface area (Å²) in [6.45, 7) is 2.60. The third-order valence-corrected chi connectivity index (χ3v) is 2.71. The second kappa shape index (κ2) is 4.93. The first kappa shape index (κ1) is 11.5. The molecule has 0 aliphatic rings. The molecule has 0 bridgehead atoms. The maximum absolute atomic E-state index is 12.2. The van der Waals surface area contributed by atoms with Gasteiger partial charge >= 0.3 is 0 Å². The maximum atomic E-state index is 12.2. The topological polar surface area (TPSA) is 60.9 Å². The van der Waals surface area contributed by atoms with Crippen LogP contribution in [0.1, 0.15) is 29.0 Å². The fourth-order valence-corrected chi connectivity index (χ4v) is 1.77. The van der Waals surface area contributed by atoms with Gasteiger partial charge in [0.1, 0.15) is 5.69 Å². The lowest BCUT2D eigenvalue weighted by Gasteiger charge is -2.11. The summed E-state index contributed by atoms with van der Waals surface area (Å²) < 4.78 is 1.66. The quantitative estimate of drug-likeness (QED) is 0.813. The van der Waals surface area contributed by atoms with Gasteiger partial charge in [-0.05, 0) is 18.6 Å². The molecule has 1 aromatic carbocycles. The molecule has 0 spiro atoms. The van der Waals surface area contributed by atoms with Crippen molar-refractivity contribution in [3.8, 4) is 0 Å². The molecule has 2 aromatic rings. The Morgan fingerprint density at radius 2 is 2.06 bits per heavy atom.